The molecule has 0 aliphatic heterocycles. The Morgan fingerprint density at radius 1 is 0.839 bits per heavy atom. The van der Waals surface area contributed by atoms with Gasteiger partial charge in [0, 0.05) is 12.3 Å². The maximum atomic E-state index is 5.85. The van der Waals surface area contributed by atoms with Crippen LogP contribution in [0.3, 0.4) is 0 Å². The van der Waals surface area contributed by atoms with E-state index in [1.54, 1.807) is 0 Å². The van der Waals surface area contributed by atoms with E-state index in [-0.39, 0.29) is 0 Å². The number of rotatable bonds is 12. The van der Waals surface area contributed by atoms with Crippen LogP contribution in [0.2, 0.25) is 0 Å². The zero-order chi connectivity index (χ0) is 21.7. The fourth-order valence-corrected chi connectivity index (χ4v) is 3.48. The largest absolute Gasteiger partial charge is 0.399 e. The smallest absolute Gasteiger partial charge is 0.0888 e. The highest BCUT2D eigenvalue weighted by Gasteiger charge is 1.99. The molecule has 3 aromatic rings. The lowest BCUT2D eigenvalue weighted by Crippen LogP contribution is -1.99. The van der Waals surface area contributed by atoms with Crippen LogP contribution in [0.25, 0.3) is 12.2 Å². The second-order valence-electron chi connectivity index (χ2n) is 7.99. The van der Waals surface area contributed by atoms with Crippen molar-refractivity contribution in [3.63, 3.8) is 0 Å². The summed E-state index contributed by atoms with van der Waals surface area (Å²) in [5.74, 6) is 0. The summed E-state index contributed by atoms with van der Waals surface area (Å²) >= 11 is 0. The number of nitrogen functional groups attached to an aromatic ring is 1. The Hall–Kier alpha value is -2.91. The molecule has 162 valence electrons. The highest BCUT2D eigenvalue weighted by molar-refractivity contribution is 5.69. The molecule has 0 bridgehead atoms. The Morgan fingerprint density at radius 3 is 2.32 bits per heavy atom. The van der Waals surface area contributed by atoms with Gasteiger partial charge in [-0.25, -0.2) is 0 Å². The predicted molar refractivity (Wildman–Crippen MR) is 132 cm³/mol. The minimum atomic E-state index is 0.548. The molecule has 31 heavy (non-hydrogen) atoms. The highest BCUT2D eigenvalue weighted by atomic mass is 16.5. The number of aryl methyl sites for hydroxylation is 2. The first-order chi connectivity index (χ1) is 15.2. The lowest BCUT2D eigenvalue weighted by Gasteiger charge is -2.06. The minimum Gasteiger partial charge on any atom is -0.399 e. The van der Waals surface area contributed by atoms with Gasteiger partial charge < -0.3 is 10.5 Å². The van der Waals surface area contributed by atoms with Gasteiger partial charge in [-0.3, -0.25) is 4.98 Å². The molecular weight excluding hydrogens is 380 g/mol. The summed E-state index contributed by atoms with van der Waals surface area (Å²) in [7, 11) is 0. The third kappa shape index (κ3) is 8.39. The monoisotopic (exact) mass is 414 g/mol. The summed E-state index contributed by atoms with van der Waals surface area (Å²) < 4.78 is 5.85. The van der Waals surface area contributed by atoms with Gasteiger partial charge in [-0.2, -0.15) is 0 Å². The van der Waals surface area contributed by atoms with Crippen LogP contribution in [0.4, 0.5) is 5.69 Å². The summed E-state index contributed by atoms with van der Waals surface area (Å²) in [6.45, 7) is 3.55. The maximum absolute atomic E-state index is 5.85. The number of hydrogen-bond donors (Lipinski definition) is 1. The third-order valence-electron chi connectivity index (χ3n) is 5.28. The molecule has 0 aliphatic carbocycles. The molecule has 0 fully saturated rings. The van der Waals surface area contributed by atoms with Gasteiger partial charge in [0.2, 0.25) is 0 Å². The number of hydrogen-bond acceptors (Lipinski definition) is 3. The van der Waals surface area contributed by atoms with Crippen molar-refractivity contribution < 1.29 is 4.74 Å². The Bertz CT molecular complexity index is 947. The number of nitrogens with two attached hydrogens (primary N) is 1. The second kappa shape index (κ2) is 12.7. The first-order valence-electron chi connectivity index (χ1n) is 11.4. The van der Waals surface area contributed by atoms with Crippen LogP contribution in [-0.4, -0.2) is 11.6 Å². The number of ether oxygens (including phenoxy) is 1. The van der Waals surface area contributed by atoms with E-state index in [9.17, 15) is 0 Å². The Morgan fingerprint density at radius 2 is 1.58 bits per heavy atom. The van der Waals surface area contributed by atoms with Crippen molar-refractivity contribution in [1.29, 1.82) is 0 Å². The normalized spacial score (nSPS) is 11.3. The molecule has 0 unspecified atom stereocenters. The first-order valence-corrected chi connectivity index (χ1v) is 11.4. The van der Waals surface area contributed by atoms with Crippen molar-refractivity contribution in [2.45, 2.75) is 52.1 Å². The van der Waals surface area contributed by atoms with Crippen molar-refractivity contribution in [1.82, 2.24) is 4.98 Å². The second-order valence-corrected chi connectivity index (χ2v) is 7.99. The van der Waals surface area contributed by atoms with Crippen LogP contribution in [0.1, 0.15) is 60.7 Å². The topological polar surface area (TPSA) is 48.1 Å². The molecule has 0 aliphatic rings. The summed E-state index contributed by atoms with van der Waals surface area (Å²) in [5, 5.41) is 0. The van der Waals surface area contributed by atoms with Gasteiger partial charge in [0.25, 0.3) is 0 Å². The minimum absolute atomic E-state index is 0.548. The van der Waals surface area contributed by atoms with Crippen molar-refractivity contribution in [3.8, 4) is 0 Å². The summed E-state index contributed by atoms with van der Waals surface area (Å²) in [4.78, 5) is 4.66. The van der Waals surface area contributed by atoms with E-state index >= 15 is 0 Å². The molecule has 0 amide bonds. The number of benzene rings is 2. The van der Waals surface area contributed by atoms with E-state index in [1.807, 2.05) is 54.6 Å². The Kier molecular flexibility index (Phi) is 9.33. The summed E-state index contributed by atoms with van der Waals surface area (Å²) in [6, 6.07) is 23.0. The summed E-state index contributed by atoms with van der Waals surface area (Å²) in [5.41, 5.74) is 12.4. The number of nitrogens with zero attached hydrogens (tertiary/aromatic N) is 1. The van der Waals surface area contributed by atoms with Gasteiger partial charge in [0.15, 0.2) is 0 Å². The van der Waals surface area contributed by atoms with Crippen LogP contribution in [0.5, 0.6) is 0 Å². The zero-order valence-corrected chi connectivity index (χ0v) is 18.6. The van der Waals surface area contributed by atoms with Gasteiger partial charge in [-0.15, -0.1) is 0 Å². The van der Waals surface area contributed by atoms with E-state index in [0.29, 0.717) is 6.61 Å². The van der Waals surface area contributed by atoms with E-state index < -0.39 is 0 Å². The van der Waals surface area contributed by atoms with Crippen molar-refractivity contribution in [2.24, 2.45) is 0 Å². The number of unbranched alkanes of at least 4 members (excludes halogenated alkanes) is 2. The molecule has 0 saturated carbocycles. The molecule has 3 nitrogen and oxygen atoms in total. The molecule has 0 radical (unpaired) electrons. The molecule has 3 heteroatoms. The zero-order valence-electron chi connectivity index (χ0n) is 18.6. The SMILES string of the molecule is CCCCc1ccc(CCCCOCc2cccc(/C=C/c3cccc(N)c3)n2)cc1. The molecule has 0 atom stereocenters. The van der Waals surface area contributed by atoms with E-state index in [2.05, 4.69) is 36.2 Å². The average molecular weight is 415 g/mol. The molecule has 1 aromatic heterocycles. The molecule has 3 rings (SSSR count). The van der Waals surface area contributed by atoms with E-state index in [1.165, 1.54) is 30.4 Å². The van der Waals surface area contributed by atoms with Gasteiger partial charge in [0.1, 0.15) is 0 Å². The number of pyridine rings is 1. The molecule has 2 N–H and O–H groups in total. The van der Waals surface area contributed by atoms with E-state index in [0.717, 1.165) is 48.5 Å². The van der Waals surface area contributed by atoms with Crippen molar-refractivity contribution >= 4 is 17.8 Å². The predicted octanol–water partition coefficient (Wildman–Crippen LogP) is 6.72. The van der Waals surface area contributed by atoms with Crippen LogP contribution >= 0.6 is 0 Å². The highest BCUT2D eigenvalue weighted by Crippen LogP contribution is 2.12. The van der Waals surface area contributed by atoms with Crippen LogP contribution in [-0.2, 0) is 24.2 Å². The van der Waals surface area contributed by atoms with Crippen LogP contribution < -0.4 is 5.73 Å². The maximum Gasteiger partial charge on any atom is 0.0888 e. The van der Waals surface area contributed by atoms with Gasteiger partial charge >= 0.3 is 0 Å². The van der Waals surface area contributed by atoms with E-state index in [4.69, 9.17) is 10.5 Å². The molecule has 0 saturated heterocycles. The molecular formula is C28H34N2O. The Balaban J connectivity index is 1.35. The number of aromatic nitrogens is 1. The molecule has 0 spiro atoms. The quantitative estimate of drug-likeness (QED) is 0.264. The standard InChI is InChI=1S/C28H34N2O/c1-2-3-8-23-14-16-24(17-15-23)9-4-5-20-31-22-28-13-7-12-27(30-28)19-18-25-10-6-11-26(29)21-25/h6-7,10-19,21H,2-5,8-9,20,22,29H2,1H3/b19-18+. The third-order valence-corrected chi connectivity index (χ3v) is 5.28. The fraction of sp³-hybridized carbons (Fsp3) is 0.321. The van der Waals surface area contributed by atoms with Gasteiger partial charge in [-0.05, 0) is 79.1 Å². The lowest BCUT2D eigenvalue weighted by atomic mass is 10.0. The summed E-state index contributed by atoms with van der Waals surface area (Å²) in [6.07, 6.45) is 11.1. The first kappa shape index (κ1) is 22.8. The Labute approximate surface area is 187 Å². The van der Waals surface area contributed by atoms with Crippen LogP contribution in [0.15, 0.2) is 66.7 Å². The van der Waals surface area contributed by atoms with Crippen LogP contribution in [0, 0.1) is 0 Å². The van der Waals surface area contributed by atoms with Crippen molar-refractivity contribution in [2.75, 3.05) is 12.3 Å². The average Bonchev–Trinajstić information content (AvgIpc) is 2.80. The van der Waals surface area contributed by atoms with Crippen molar-refractivity contribution in [3.05, 3.63) is 94.8 Å². The number of anilines is 1. The molecule has 1 heterocycles. The van der Waals surface area contributed by atoms with Gasteiger partial charge in [-0.1, -0.05) is 61.9 Å². The van der Waals surface area contributed by atoms with Gasteiger partial charge in [0.05, 0.1) is 18.0 Å². The fourth-order valence-electron chi connectivity index (χ4n) is 3.48. The molecule has 2 aromatic carbocycles. The lowest BCUT2D eigenvalue weighted by molar-refractivity contribution is 0.114.